The summed E-state index contributed by atoms with van der Waals surface area (Å²) in [5.41, 5.74) is 0. The molecular formula is C19H28N2O6S. The molecule has 8 nitrogen and oxygen atoms in total. The Kier molecular flexibility index (Phi) is 8.25. The second kappa shape index (κ2) is 10.4. The first kappa shape index (κ1) is 22.2. The van der Waals surface area contributed by atoms with Crippen molar-refractivity contribution < 1.29 is 27.5 Å². The number of nitrogens with one attached hydrogen (secondary N) is 2. The van der Waals surface area contributed by atoms with E-state index in [0.717, 1.165) is 25.7 Å². The van der Waals surface area contributed by atoms with Crippen molar-refractivity contribution in [2.45, 2.75) is 62.4 Å². The summed E-state index contributed by atoms with van der Waals surface area (Å²) in [5.74, 6) is -0.662. The van der Waals surface area contributed by atoms with Gasteiger partial charge in [-0.15, -0.1) is 0 Å². The van der Waals surface area contributed by atoms with Gasteiger partial charge in [-0.1, -0.05) is 25.7 Å². The van der Waals surface area contributed by atoms with Crippen LogP contribution in [0.15, 0.2) is 29.2 Å². The van der Waals surface area contributed by atoms with Crippen LogP contribution in [0.3, 0.4) is 0 Å². The van der Waals surface area contributed by atoms with E-state index in [2.05, 4.69) is 10.0 Å². The number of hydrogen-bond donors (Lipinski definition) is 2. The summed E-state index contributed by atoms with van der Waals surface area (Å²) in [5, 5.41) is 2.87. The van der Waals surface area contributed by atoms with Crippen LogP contribution in [0.1, 0.15) is 45.4 Å². The first-order chi connectivity index (χ1) is 13.3. The lowest BCUT2D eigenvalue weighted by Gasteiger charge is -2.17. The lowest BCUT2D eigenvalue weighted by molar-refractivity contribution is -0.150. The Hall–Kier alpha value is -2.13. The number of rotatable bonds is 8. The number of amides is 1. The smallest absolute Gasteiger partial charge is 0.324 e. The molecule has 156 valence electrons. The average Bonchev–Trinajstić information content (AvgIpc) is 2.94. The van der Waals surface area contributed by atoms with Gasteiger partial charge in [0.1, 0.15) is 11.8 Å². The zero-order valence-corrected chi connectivity index (χ0v) is 17.1. The Balaban J connectivity index is 1.81. The van der Waals surface area contributed by atoms with Crippen molar-refractivity contribution in [1.82, 2.24) is 10.0 Å². The van der Waals surface area contributed by atoms with Crippen molar-refractivity contribution >= 4 is 21.9 Å². The van der Waals surface area contributed by atoms with Gasteiger partial charge in [0, 0.05) is 6.04 Å². The number of methoxy groups -OCH3 is 1. The summed E-state index contributed by atoms with van der Waals surface area (Å²) >= 11 is 0. The topological polar surface area (TPSA) is 111 Å². The first-order valence-corrected chi connectivity index (χ1v) is 10.9. The van der Waals surface area contributed by atoms with E-state index in [1.54, 1.807) is 0 Å². The van der Waals surface area contributed by atoms with Gasteiger partial charge in [0.25, 0.3) is 5.91 Å². The fourth-order valence-electron chi connectivity index (χ4n) is 3.06. The number of carbonyl (C=O) groups is 2. The summed E-state index contributed by atoms with van der Waals surface area (Å²) in [6.07, 6.45) is 6.36. The van der Waals surface area contributed by atoms with Crippen molar-refractivity contribution in [1.29, 1.82) is 0 Å². The number of benzene rings is 1. The molecule has 1 fully saturated rings. The van der Waals surface area contributed by atoms with Crippen molar-refractivity contribution in [2.75, 3.05) is 13.7 Å². The molecule has 0 aliphatic heterocycles. The third-order valence-corrected chi connectivity index (χ3v) is 6.18. The standard InChI is InChI=1S/C19H28N2O6S/c1-14(21-28(24,25)17-11-9-16(26-2)10-12-17)19(23)27-13-18(22)20-15-7-5-3-4-6-8-15/h9-12,14-15,21H,3-8,13H2,1-2H3,(H,20,22)/t14-/m0/s1. The van der Waals surface area contributed by atoms with E-state index in [4.69, 9.17) is 9.47 Å². The van der Waals surface area contributed by atoms with E-state index < -0.39 is 28.6 Å². The molecule has 1 aromatic carbocycles. The molecule has 1 atom stereocenters. The summed E-state index contributed by atoms with van der Waals surface area (Å²) in [4.78, 5) is 24.0. The molecule has 0 bridgehead atoms. The molecule has 2 N–H and O–H groups in total. The van der Waals surface area contributed by atoms with Gasteiger partial charge in [-0.25, -0.2) is 8.42 Å². The maximum atomic E-state index is 12.3. The highest BCUT2D eigenvalue weighted by molar-refractivity contribution is 7.89. The van der Waals surface area contributed by atoms with Crippen LogP contribution in [0.4, 0.5) is 0 Å². The van der Waals surface area contributed by atoms with Gasteiger partial charge in [0.2, 0.25) is 10.0 Å². The largest absolute Gasteiger partial charge is 0.497 e. The second-order valence-electron chi connectivity index (χ2n) is 6.88. The molecule has 0 unspecified atom stereocenters. The Morgan fingerprint density at radius 1 is 1.11 bits per heavy atom. The van der Waals surface area contributed by atoms with E-state index in [1.165, 1.54) is 51.1 Å². The van der Waals surface area contributed by atoms with Gasteiger partial charge in [0.05, 0.1) is 12.0 Å². The van der Waals surface area contributed by atoms with Gasteiger partial charge in [-0.05, 0) is 44.0 Å². The van der Waals surface area contributed by atoms with Crippen LogP contribution in [-0.2, 0) is 24.3 Å². The monoisotopic (exact) mass is 412 g/mol. The van der Waals surface area contributed by atoms with E-state index >= 15 is 0 Å². The third kappa shape index (κ3) is 6.79. The Labute approximate surface area is 166 Å². The average molecular weight is 413 g/mol. The van der Waals surface area contributed by atoms with Crippen LogP contribution in [0.2, 0.25) is 0 Å². The molecule has 2 rings (SSSR count). The zero-order chi connectivity index (χ0) is 20.6. The van der Waals surface area contributed by atoms with E-state index in [-0.39, 0.29) is 16.8 Å². The second-order valence-corrected chi connectivity index (χ2v) is 8.60. The number of sulfonamides is 1. The fraction of sp³-hybridized carbons (Fsp3) is 0.579. The molecule has 0 radical (unpaired) electrons. The van der Waals surface area contributed by atoms with Crippen LogP contribution in [0, 0.1) is 0 Å². The molecule has 0 spiro atoms. The van der Waals surface area contributed by atoms with E-state index in [1.807, 2.05) is 0 Å². The highest BCUT2D eigenvalue weighted by atomic mass is 32.2. The highest BCUT2D eigenvalue weighted by Crippen LogP contribution is 2.17. The van der Waals surface area contributed by atoms with Gasteiger partial charge in [0.15, 0.2) is 6.61 Å². The van der Waals surface area contributed by atoms with Crippen LogP contribution >= 0.6 is 0 Å². The normalized spacial score (nSPS) is 16.6. The summed E-state index contributed by atoms with van der Waals surface area (Å²) in [6.45, 7) is 0.941. The predicted octanol–water partition coefficient (Wildman–Crippen LogP) is 1.74. The SMILES string of the molecule is COc1ccc(S(=O)(=O)N[C@@H](C)C(=O)OCC(=O)NC2CCCCCC2)cc1. The Bertz CT molecular complexity index is 755. The van der Waals surface area contributed by atoms with Gasteiger partial charge in [-0.2, -0.15) is 4.72 Å². The lowest BCUT2D eigenvalue weighted by Crippen LogP contribution is -2.42. The first-order valence-electron chi connectivity index (χ1n) is 9.44. The minimum Gasteiger partial charge on any atom is -0.497 e. The number of esters is 1. The van der Waals surface area contributed by atoms with Crippen molar-refractivity contribution in [3.05, 3.63) is 24.3 Å². The molecule has 9 heteroatoms. The quantitative estimate of drug-likeness (QED) is 0.497. The molecule has 1 aliphatic carbocycles. The molecule has 1 aromatic rings. The van der Waals surface area contributed by atoms with Gasteiger partial charge < -0.3 is 14.8 Å². The maximum Gasteiger partial charge on any atom is 0.324 e. The Morgan fingerprint density at radius 2 is 1.71 bits per heavy atom. The minimum absolute atomic E-state index is 0.000873. The summed E-state index contributed by atoms with van der Waals surface area (Å²) < 4.78 is 36.9. The number of carbonyl (C=O) groups excluding carboxylic acids is 2. The Morgan fingerprint density at radius 3 is 2.29 bits per heavy atom. The maximum absolute atomic E-state index is 12.3. The predicted molar refractivity (Wildman–Crippen MR) is 103 cm³/mol. The van der Waals surface area contributed by atoms with E-state index in [0.29, 0.717) is 5.75 Å². The molecule has 1 amide bonds. The molecule has 28 heavy (non-hydrogen) atoms. The molecular weight excluding hydrogens is 384 g/mol. The lowest BCUT2D eigenvalue weighted by atomic mass is 10.1. The molecule has 0 heterocycles. The van der Waals surface area contributed by atoms with Crippen LogP contribution < -0.4 is 14.8 Å². The van der Waals surface area contributed by atoms with Gasteiger partial charge >= 0.3 is 5.97 Å². The summed E-state index contributed by atoms with van der Waals surface area (Å²) in [6, 6.07) is 4.75. The molecule has 0 saturated heterocycles. The van der Waals surface area contributed by atoms with E-state index in [9.17, 15) is 18.0 Å². The summed E-state index contributed by atoms with van der Waals surface area (Å²) in [7, 11) is -2.42. The third-order valence-electron chi connectivity index (χ3n) is 4.62. The number of ether oxygens (including phenoxy) is 2. The van der Waals surface area contributed by atoms with Crippen LogP contribution in [0.25, 0.3) is 0 Å². The van der Waals surface area contributed by atoms with Gasteiger partial charge in [-0.3, -0.25) is 9.59 Å². The van der Waals surface area contributed by atoms with Crippen molar-refractivity contribution in [3.63, 3.8) is 0 Å². The molecule has 1 saturated carbocycles. The van der Waals surface area contributed by atoms with Crippen LogP contribution in [-0.4, -0.2) is 46.1 Å². The molecule has 1 aliphatic rings. The minimum atomic E-state index is -3.90. The highest BCUT2D eigenvalue weighted by Gasteiger charge is 2.24. The zero-order valence-electron chi connectivity index (χ0n) is 16.3. The van der Waals surface area contributed by atoms with Crippen molar-refractivity contribution in [2.24, 2.45) is 0 Å². The molecule has 0 aromatic heterocycles. The van der Waals surface area contributed by atoms with Crippen molar-refractivity contribution in [3.8, 4) is 5.75 Å². The fourth-order valence-corrected chi connectivity index (χ4v) is 4.25. The van der Waals surface area contributed by atoms with Crippen LogP contribution in [0.5, 0.6) is 5.75 Å². The number of hydrogen-bond acceptors (Lipinski definition) is 6.